The zero-order valence-electron chi connectivity index (χ0n) is 27.5. The fourth-order valence-electron chi connectivity index (χ4n) is 8.18. The second-order valence-corrected chi connectivity index (χ2v) is 13.9. The molecule has 258 valence electrons. The van der Waals surface area contributed by atoms with Crippen LogP contribution in [0, 0.1) is 21.7 Å². The second kappa shape index (κ2) is 23.1. The summed E-state index contributed by atoms with van der Waals surface area (Å²) in [6.45, 7) is -5.31. The lowest BCUT2D eigenvalue weighted by Crippen LogP contribution is -2.70. The first-order valence-corrected chi connectivity index (χ1v) is 17.8. The van der Waals surface area contributed by atoms with Gasteiger partial charge in [0.1, 0.15) is 0 Å². The van der Waals surface area contributed by atoms with Crippen LogP contribution in [0.5, 0.6) is 0 Å². The average molecular weight is 619 g/mol. The fraction of sp³-hybridized carbons (Fsp3) is 1.00. The first kappa shape index (κ1) is 40.7. The van der Waals surface area contributed by atoms with E-state index in [1.54, 1.807) is 0 Å². The molecular weight excluding hydrogens is 548 g/mol. The third kappa shape index (κ3) is 10.6. The van der Waals surface area contributed by atoms with Gasteiger partial charge in [-0.1, -0.05) is 135 Å². The van der Waals surface area contributed by atoms with E-state index in [-0.39, 0.29) is 12.8 Å². The minimum atomic E-state index is -1.78. The Hall–Kier alpha value is -0.320. The molecular formula is C35H70O8. The van der Waals surface area contributed by atoms with Crippen molar-refractivity contribution in [2.24, 2.45) is 21.7 Å². The van der Waals surface area contributed by atoms with Crippen molar-refractivity contribution in [2.45, 2.75) is 148 Å². The third-order valence-corrected chi connectivity index (χ3v) is 11.5. The van der Waals surface area contributed by atoms with Crippen LogP contribution in [0.3, 0.4) is 0 Å². The van der Waals surface area contributed by atoms with E-state index in [9.17, 15) is 40.9 Å². The molecule has 0 spiro atoms. The van der Waals surface area contributed by atoms with Crippen molar-refractivity contribution in [3.05, 3.63) is 0 Å². The van der Waals surface area contributed by atoms with E-state index in [2.05, 4.69) is 0 Å². The van der Waals surface area contributed by atoms with Crippen LogP contribution in [0.25, 0.3) is 0 Å². The maximum atomic E-state index is 11.0. The molecule has 0 saturated heterocycles. The van der Waals surface area contributed by atoms with Gasteiger partial charge in [0.2, 0.25) is 0 Å². The molecule has 0 aliphatic heterocycles. The molecule has 1 rings (SSSR count). The Kier molecular flexibility index (Phi) is 21.8. The van der Waals surface area contributed by atoms with Gasteiger partial charge in [-0.15, -0.1) is 0 Å². The number of aliphatic hydroxyl groups excluding tert-OH is 8. The summed E-state index contributed by atoms with van der Waals surface area (Å²) in [5.41, 5.74) is -6.47. The van der Waals surface area contributed by atoms with Gasteiger partial charge in [-0.05, 0) is 12.8 Å². The zero-order chi connectivity index (χ0) is 31.9. The maximum Gasteiger partial charge on any atom is 0.0523 e. The Bertz CT molecular complexity index is 588. The average Bonchev–Trinajstić information content (AvgIpc) is 3.04. The van der Waals surface area contributed by atoms with E-state index >= 15 is 0 Å². The van der Waals surface area contributed by atoms with E-state index in [1.807, 2.05) is 0 Å². The molecule has 0 atom stereocenters. The lowest BCUT2D eigenvalue weighted by molar-refractivity contribution is -0.268. The Morgan fingerprint density at radius 1 is 0.233 bits per heavy atom. The van der Waals surface area contributed by atoms with E-state index < -0.39 is 74.5 Å². The van der Waals surface area contributed by atoms with Gasteiger partial charge in [-0.3, -0.25) is 0 Å². The summed E-state index contributed by atoms with van der Waals surface area (Å²) in [5.74, 6) is 0. The second-order valence-electron chi connectivity index (χ2n) is 13.9. The van der Waals surface area contributed by atoms with E-state index in [0.29, 0.717) is 12.8 Å². The Labute approximate surface area is 262 Å². The molecule has 1 aliphatic rings. The van der Waals surface area contributed by atoms with Gasteiger partial charge in [0, 0.05) is 21.7 Å². The van der Waals surface area contributed by atoms with Crippen LogP contribution in [0.15, 0.2) is 0 Å². The molecule has 0 aromatic rings. The molecule has 1 saturated carbocycles. The Balaban J connectivity index is 3.23. The highest BCUT2D eigenvalue weighted by Crippen LogP contribution is 2.61. The van der Waals surface area contributed by atoms with Crippen molar-refractivity contribution in [3.63, 3.8) is 0 Å². The molecule has 8 nitrogen and oxygen atoms in total. The van der Waals surface area contributed by atoms with Crippen LogP contribution in [0.1, 0.15) is 148 Å². The highest BCUT2D eigenvalue weighted by atomic mass is 16.3. The van der Waals surface area contributed by atoms with Gasteiger partial charge in [0.25, 0.3) is 0 Å². The summed E-state index contributed by atoms with van der Waals surface area (Å²) in [6.07, 6.45) is 24.4. The lowest BCUT2D eigenvalue weighted by atomic mass is 9.42. The first-order chi connectivity index (χ1) is 20.9. The highest BCUT2D eigenvalue weighted by molar-refractivity contribution is 5.14. The van der Waals surface area contributed by atoms with Crippen molar-refractivity contribution in [1.82, 2.24) is 0 Å². The number of rotatable bonds is 8. The van der Waals surface area contributed by atoms with Crippen LogP contribution in [0.2, 0.25) is 0 Å². The zero-order valence-corrected chi connectivity index (χ0v) is 27.5. The van der Waals surface area contributed by atoms with Crippen molar-refractivity contribution < 1.29 is 40.9 Å². The Morgan fingerprint density at radius 2 is 0.395 bits per heavy atom. The molecule has 0 amide bonds. The van der Waals surface area contributed by atoms with Crippen LogP contribution >= 0.6 is 0 Å². The Morgan fingerprint density at radius 3 is 0.535 bits per heavy atom. The van der Waals surface area contributed by atoms with Crippen LogP contribution < -0.4 is 0 Å². The van der Waals surface area contributed by atoms with Crippen LogP contribution in [-0.2, 0) is 0 Å². The molecule has 0 heterocycles. The van der Waals surface area contributed by atoms with Crippen molar-refractivity contribution >= 4 is 0 Å². The predicted octanol–water partition coefficient (Wildman–Crippen LogP) is 4.86. The summed E-state index contributed by atoms with van der Waals surface area (Å²) in [4.78, 5) is 0. The molecule has 0 unspecified atom stereocenters. The van der Waals surface area contributed by atoms with E-state index in [1.165, 1.54) is 83.5 Å². The summed E-state index contributed by atoms with van der Waals surface area (Å²) >= 11 is 0. The van der Waals surface area contributed by atoms with Crippen molar-refractivity contribution in [3.8, 4) is 0 Å². The van der Waals surface area contributed by atoms with Gasteiger partial charge < -0.3 is 40.9 Å². The van der Waals surface area contributed by atoms with Gasteiger partial charge in [-0.2, -0.15) is 0 Å². The van der Waals surface area contributed by atoms with Gasteiger partial charge in [0.05, 0.1) is 52.9 Å². The maximum absolute atomic E-state index is 11.0. The van der Waals surface area contributed by atoms with Gasteiger partial charge >= 0.3 is 0 Å². The normalized spacial score (nSPS) is 24.6. The number of hydrogen-bond donors (Lipinski definition) is 8. The van der Waals surface area contributed by atoms with Crippen molar-refractivity contribution in [2.75, 3.05) is 52.9 Å². The molecule has 43 heavy (non-hydrogen) atoms. The minimum Gasteiger partial charge on any atom is -0.396 e. The van der Waals surface area contributed by atoms with Crippen molar-refractivity contribution in [1.29, 1.82) is 0 Å². The standard InChI is InChI=1S/C35H70O8/c36-24-32(25-37)22-20-18-16-14-12-10-8-6-4-2-1-3-5-7-9-11-13-15-17-19-21-23-33(26-38,27-39)35(30-42,31-43)34(32,28-40)29-41/h36-43H,1-31H2. The van der Waals surface area contributed by atoms with E-state index in [4.69, 9.17) is 0 Å². The lowest BCUT2D eigenvalue weighted by Gasteiger charge is -2.63. The fourth-order valence-corrected chi connectivity index (χ4v) is 8.18. The monoisotopic (exact) mass is 619 g/mol. The SMILES string of the molecule is OCC1(CO)CCCCCCCCCCCCCCCCCCCCCCCC(CO)(CO)C(CO)(CO)C1(CO)CO. The minimum absolute atomic E-state index is 0.260. The first-order valence-electron chi connectivity index (χ1n) is 17.8. The van der Waals surface area contributed by atoms with E-state index in [0.717, 1.165) is 38.5 Å². The molecule has 0 aromatic heterocycles. The summed E-state index contributed by atoms with van der Waals surface area (Å²) in [6, 6.07) is 0. The molecule has 1 aliphatic carbocycles. The molecule has 1 fully saturated rings. The topological polar surface area (TPSA) is 162 Å². The van der Waals surface area contributed by atoms with Gasteiger partial charge in [-0.25, -0.2) is 0 Å². The smallest absolute Gasteiger partial charge is 0.0523 e. The quantitative estimate of drug-likeness (QED) is 0.191. The number of hydrogen-bond acceptors (Lipinski definition) is 8. The molecule has 8 heteroatoms. The summed E-state index contributed by atoms with van der Waals surface area (Å²) in [7, 11) is 0. The molecule has 0 aromatic carbocycles. The third-order valence-electron chi connectivity index (χ3n) is 11.5. The highest BCUT2D eigenvalue weighted by Gasteiger charge is 2.68. The van der Waals surface area contributed by atoms with Crippen LogP contribution in [-0.4, -0.2) is 93.7 Å². The van der Waals surface area contributed by atoms with Gasteiger partial charge in [0.15, 0.2) is 0 Å². The molecule has 8 N–H and O–H groups in total. The largest absolute Gasteiger partial charge is 0.396 e. The number of aliphatic hydroxyl groups is 8. The molecule has 0 bridgehead atoms. The molecule has 0 radical (unpaired) electrons. The predicted molar refractivity (Wildman–Crippen MR) is 173 cm³/mol. The summed E-state index contributed by atoms with van der Waals surface area (Å²) < 4.78 is 0. The summed E-state index contributed by atoms with van der Waals surface area (Å²) in [5, 5.41) is 86.9. The van der Waals surface area contributed by atoms with Crippen LogP contribution in [0.4, 0.5) is 0 Å².